The van der Waals surface area contributed by atoms with Crippen LogP contribution in [-0.4, -0.2) is 46.4 Å². The fourth-order valence-corrected chi connectivity index (χ4v) is 3.74. The fourth-order valence-electron chi connectivity index (χ4n) is 3.74. The number of ether oxygens (including phenoxy) is 2. The molecule has 36 heavy (non-hydrogen) atoms. The van der Waals surface area contributed by atoms with E-state index in [9.17, 15) is 0 Å². The van der Waals surface area contributed by atoms with Gasteiger partial charge >= 0.3 is 0 Å². The molecule has 1 unspecified atom stereocenters. The molecule has 4 heteroatoms. The summed E-state index contributed by atoms with van der Waals surface area (Å²) >= 11 is 0. The van der Waals surface area contributed by atoms with Crippen LogP contribution in [0.3, 0.4) is 0 Å². The number of anilines is 1. The normalized spacial score (nSPS) is 15.9. The molecule has 1 aliphatic heterocycles. The zero-order chi connectivity index (χ0) is 27.5. The highest BCUT2D eigenvalue weighted by molar-refractivity contribution is 6.02. The van der Waals surface area contributed by atoms with Crippen LogP contribution in [0.5, 0.6) is 0 Å². The summed E-state index contributed by atoms with van der Waals surface area (Å²) in [6, 6.07) is 6.52. The van der Waals surface area contributed by atoms with Crippen molar-refractivity contribution in [2.75, 3.05) is 38.8 Å². The minimum absolute atomic E-state index is 0.145. The highest BCUT2D eigenvalue weighted by atomic mass is 16.5. The van der Waals surface area contributed by atoms with Crippen LogP contribution >= 0.6 is 0 Å². The second kappa shape index (κ2) is 20.2. The molecule has 2 rings (SSSR count). The minimum Gasteiger partial charge on any atom is -0.381 e. The van der Waals surface area contributed by atoms with Crippen LogP contribution < -0.4 is 4.90 Å². The molecule has 0 bridgehead atoms. The summed E-state index contributed by atoms with van der Waals surface area (Å²) in [6.45, 7) is 24.1. The van der Waals surface area contributed by atoms with Crippen LogP contribution in [0.1, 0.15) is 91.7 Å². The zero-order valence-corrected chi connectivity index (χ0v) is 25.2. The lowest BCUT2D eigenvalue weighted by atomic mass is 9.96. The molecule has 206 valence electrons. The molecule has 4 nitrogen and oxygen atoms in total. The highest BCUT2D eigenvalue weighted by Gasteiger charge is 2.22. The van der Waals surface area contributed by atoms with Gasteiger partial charge in [-0.05, 0) is 81.1 Å². The number of hydrogen-bond donors (Lipinski definition) is 0. The summed E-state index contributed by atoms with van der Waals surface area (Å²) in [6.07, 6.45) is 9.91. The van der Waals surface area contributed by atoms with E-state index in [-0.39, 0.29) is 6.23 Å². The first-order valence-electron chi connectivity index (χ1n) is 14.0. The SMILES string of the molecule is C=C(/C(C=NC)=C/C)c1cc(C)ccc1N(C)C1CCCCO1.CC.CC(C)CCOCCC(C)C. The Morgan fingerprint density at radius 1 is 1.14 bits per heavy atom. The molecule has 0 aliphatic carbocycles. The standard InChI is InChI=1S/C20H28N2O.C10H22O.C2H6/c1-6-17(14-21-4)16(3)18-13-15(2)10-11-19(18)22(5)20-9-7-8-12-23-20;1-9(2)5-7-11-8-6-10(3)4;1-2/h6,10-11,13-14,20H,3,7-9,12H2,1-2,4-5H3;9-10H,5-8H2,1-4H3;1-2H3/b17-6+,21-14?;;. The van der Waals surface area contributed by atoms with Gasteiger partial charge in [0.25, 0.3) is 0 Å². The van der Waals surface area contributed by atoms with Gasteiger partial charge in [-0.3, -0.25) is 4.99 Å². The van der Waals surface area contributed by atoms with Gasteiger partial charge in [-0.25, -0.2) is 0 Å². The maximum atomic E-state index is 5.95. The second-order valence-corrected chi connectivity index (χ2v) is 10.0. The number of hydrogen-bond acceptors (Lipinski definition) is 4. The summed E-state index contributed by atoms with van der Waals surface area (Å²) in [5, 5.41) is 0. The Morgan fingerprint density at radius 2 is 1.75 bits per heavy atom. The molecular formula is C32H56N2O2. The van der Waals surface area contributed by atoms with Gasteiger partial charge in [0.1, 0.15) is 6.23 Å². The van der Waals surface area contributed by atoms with Gasteiger partial charge < -0.3 is 14.4 Å². The summed E-state index contributed by atoms with van der Waals surface area (Å²) in [7, 11) is 3.90. The van der Waals surface area contributed by atoms with Crippen molar-refractivity contribution in [2.24, 2.45) is 16.8 Å². The molecule has 0 amide bonds. The number of nitrogens with zero attached hydrogens (tertiary/aromatic N) is 2. The Balaban J connectivity index is 0.000000796. The predicted molar refractivity (Wildman–Crippen MR) is 161 cm³/mol. The summed E-state index contributed by atoms with van der Waals surface area (Å²) in [5.41, 5.74) is 5.59. The zero-order valence-electron chi connectivity index (χ0n) is 25.2. The van der Waals surface area contributed by atoms with E-state index in [4.69, 9.17) is 9.47 Å². The highest BCUT2D eigenvalue weighted by Crippen LogP contribution is 2.33. The van der Waals surface area contributed by atoms with Crippen LogP contribution in [-0.2, 0) is 9.47 Å². The van der Waals surface area contributed by atoms with E-state index in [0.29, 0.717) is 0 Å². The number of allylic oxidation sites excluding steroid dienone is 3. The minimum atomic E-state index is 0.145. The fraction of sp³-hybridized carbons (Fsp3) is 0.656. The lowest BCUT2D eigenvalue weighted by molar-refractivity contribution is 0.0174. The van der Waals surface area contributed by atoms with E-state index in [1.807, 2.05) is 27.0 Å². The van der Waals surface area contributed by atoms with E-state index in [2.05, 4.69) is 82.4 Å². The molecular weight excluding hydrogens is 444 g/mol. The van der Waals surface area contributed by atoms with Crippen molar-refractivity contribution in [2.45, 2.75) is 93.7 Å². The molecule has 0 spiro atoms. The average Bonchev–Trinajstić information content (AvgIpc) is 2.88. The van der Waals surface area contributed by atoms with Crippen LogP contribution in [0.15, 0.2) is 41.4 Å². The lowest BCUT2D eigenvalue weighted by Gasteiger charge is -2.34. The van der Waals surface area contributed by atoms with Gasteiger partial charge in [-0.1, -0.05) is 65.8 Å². The van der Waals surface area contributed by atoms with E-state index in [0.717, 1.165) is 66.9 Å². The van der Waals surface area contributed by atoms with E-state index in [1.165, 1.54) is 24.8 Å². The van der Waals surface area contributed by atoms with Gasteiger partial charge in [0.15, 0.2) is 0 Å². The van der Waals surface area contributed by atoms with Crippen molar-refractivity contribution in [3.05, 3.63) is 47.6 Å². The summed E-state index contributed by atoms with van der Waals surface area (Å²) in [5.74, 6) is 1.54. The molecule has 1 aliphatic rings. The van der Waals surface area contributed by atoms with Crippen molar-refractivity contribution in [1.82, 2.24) is 0 Å². The third-order valence-electron chi connectivity index (χ3n) is 6.05. The van der Waals surface area contributed by atoms with Crippen molar-refractivity contribution < 1.29 is 9.47 Å². The van der Waals surface area contributed by atoms with Crippen LogP contribution in [0.25, 0.3) is 5.57 Å². The Kier molecular flexibility index (Phi) is 19.1. The Morgan fingerprint density at radius 3 is 2.22 bits per heavy atom. The quantitative estimate of drug-likeness (QED) is 0.173. The van der Waals surface area contributed by atoms with Gasteiger partial charge in [0.05, 0.1) is 0 Å². The topological polar surface area (TPSA) is 34.1 Å². The van der Waals surface area contributed by atoms with Crippen molar-refractivity contribution in [3.8, 4) is 0 Å². The van der Waals surface area contributed by atoms with Crippen molar-refractivity contribution in [1.29, 1.82) is 0 Å². The Labute approximate surface area is 223 Å². The number of benzene rings is 1. The van der Waals surface area contributed by atoms with Gasteiger partial charge in [0, 0.05) is 51.4 Å². The number of rotatable bonds is 11. The lowest BCUT2D eigenvalue weighted by Crippen LogP contribution is -2.37. The first-order valence-corrected chi connectivity index (χ1v) is 14.0. The number of aliphatic imine (C=N–C) groups is 1. The largest absolute Gasteiger partial charge is 0.381 e. The molecule has 1 aromatic carbocycles. The van der Waals surface area contributed by atoms with Crippen LogP contribution in [0.2, 0.25) is 0 Å². The maximum Gasteiger partial charge on any atom is 0.129 e. The molecule has 1 atom stereocenters. The molecule has 1 heterocycles. The molecule has 1 aromatic rings. The third-order valence-corrected chi connectivity index (χ3v) is 6.05. The first-order chi connectivity index (χ1) is 17.2. The summed E-state index contributed by atoms with van der Waals surface area (Å²) < 4.78 is 11.4. The summed E-state index contributed by atoms with van der Waals surface area (Å²) in [4.78, 5) is 6.39. The van der Waals surface area contributed by atoms with Crippen LogP contribution in [0, 0.1) is 18.8 Å². The molecule has 0 N–H and O–H groups in total. The van der Waals surface area contributed by atoms with E-state index in [1.54, 1.807) is 7.05 Å². The first kappa shape index (κ1) is 34.1. The van der Waals surface area contributed by atoms with Gasteiger partial charge in [0.2, 0.25) is 0 Å². The third kappa shape index (κ3) is 13.4. The molecule has 0 radical (unpaired) electrons. The monoisotopic (exact) mass is 500 g/mol. The Hall–Kier alpha value is -1.91. The molecule has 0 aromatic heterocycles. The van der Waals surface area contributed by atoms with Gasteiger partial charge in [-0.15, -0.1) is 0 Å². The van der Waals surface area contributed by atoms with Gasteiger partial charge in [-0.2, -0.15) is 0 Å². The maximum absolute atomic E-state index is 5.95. The number of aryl methyl sites for hydroxylation is 1. The van der Waals surface area contributed by atoms with Crippen LogP contribution in [0.4, 0.5) is 5.69 Å². The molecule has 0 saturated carbocycles. The van der Waals surface area contributed by atoms with E-state index >= 15 is 0 Å². The average molecular weight is 501 g/mol. The van der Waals surface area contributed by atoms with E-state index < -0.39 is 0 Å². The second-order valence-electron chi connectivity index (χ2n) is 10.0. The van der Waals surface area contributed by atoms with Crippen molar-refractivity contribution >= 4 is 17.5 Å². The molecule has 1 saturated heterocycles. The Bertz CT molecular complexity index is 764. The van der Waals surface area contributed by atoms with Crippen molar-refractivity contribution in [3.63, 3.8) is 0 Å². The predicted octanol–water partition coefficient (Wildman–Crippen LogP) is 8.74. The molecule has 1 fully saturated rings. The smallest absolute Gasteiger partial charge is 0.129 e.